The first-order valence-corrected chi connectivity index (χ1v) is 12.3. The van der Waals surface area contributed by atoms with Gasteiger partial charge in [0.05, 0.1) is 34.1 Å². The molecule has 0 spiro atoms. The molecule has 37 heavy (non-hydrogen) atoms. The molecule has 0 aromatic heterocycles. The molecule has 2 aromatic carbocycles. The lowest BCUT2D eigenvalue weighted by Gasteiger charge is -2.37. The van der Waals surface area contributed by atoms with E-state index in [9.17, 15) is 4.79 Å². The Morgan fingerprint density at radius 2 is 1.51 bits per heavy atom. The van der Waals surface area contributed by atoms with E-state index in [2.05, 4.69) is 15.9 Å². The number of anilines is 1. The third kappa shape index (κ3) is 7.69. The summed E-state index contributed by atoms with van der Waals surface area (Å²) < 4.78 is 33.6. The number of rotatable bonds is 12. The molecule has 1 saturated heterocycles. The molecule has 202 valence electrons. The highest BCUT2D eigenvalue weighted by atomic mass is 16.6. The van der Waals surface area contributed by atoms with Crippen LogP contribution in [0.15, 0.2) is 48.0 Å². The summed E-state index contributed by atoms with van der Waals surface area (Å²) in [6, 6.07) is 11.5. The Hall–Kier alpha value is -3.59. The molecule has 1 aliphatic rings. The van der Waals surface area contributed by atoms with Gasteiger partial charge in [0, 0.05) is 50.9 Å². The van der Waals surface area contributed by atoms with Crippen molar-refractivity contribution in [2.75, 3.05) is 72.7 Å². The quantitative estimate of drug-likeness (QED) is 0.310. The monoisotopic (exact) mass is 514 g/mol. The molecule has 3 rings (SSSR count). The van der Waals surface area contributed by atoms with Crippen LogP contribution in [0.5, 0.6) is 28.7 Å². The largest absolute Gasteiger partial charge is 0.495 e. The number of ether oxygens (including phenoxy) is 6. The van der Waals surface area contributed by atoms with Gasteiger partial charge in [0.2, 0.25) is 5.75 Å². The number of carbonyl (C=O) groups excluding carboxylic acids is 1. The van der Waals surface area contributed by atoms with Gasteiger partial charge in [-0.05, 0) is 26.0 Å². The van der Waals surface area contributed by atoms with Crippen molar-refractivity contribution in [3.8, 4) is 28.7 Å². The van der Waals surface area contributed by atoms with E-state index in [0.29, 0.717) is 29.5 Å². The molecule has 1 atom stereocenters. The summed E-state index contributed by atoms with van der Waals surface area (Å²) in [5.41, 5.74) is 1.96. The van der Waals surface area contributed by atoms with Crippen molar-refractivity contribution in [1.29, 1.82) is 0 Å². The zero-order valence-corrected chi connectivity index (χ0v) is 22.6. The van der Waals surface area contributed by atoms with Gasteiger partial charge in [-0.3, -0.25) is 4.90 Å². The van der Waals surface area contributed by atoms with Crippen LogP contribution in [0.1, 0.15) is 13.8 Å². The molecule has 0 bridgehead atoms. The van der Waals surface area contributed by atoms with Crippen LogP contribution in [0.25, 0.3) is 0 Å². The van der Waals surface area contributed by atoms with Crippen LogP contribution in [-0.2, 0) is 9.53 Å². The standard InChI is InChI=1S/C28H38N2O7/c1-20(2)15-27(31)37-22(19-36-21-16-25(33-4)28(35-6)26(17-21)34-5)18-29-11-13-30(14-12-29)23-9-7-8-10-24(23)32-3/h7-10,15-17,22H,11-14,18-19H2,1-6H3. The number of allylic oxidation sites excluding steroid dienone is 1. The molecule has 0 amide bonds. The highest BCUT2D eigenvalue weighted by Crippen LogP contribution is 2.40. The third-order valence-electron chi connectivity index (χ3n) is 6.02. The summed E-state index contributed by atoms with van der Waals surface area (Å²) >= 11 is 0. The molecular formula is C28H38N2O7. The van der Waals surface area contributed by atoms with E-state index in [1.54, 1.807) is 40.6 Å². The van der Waals surface area contributed by atoms with Gasteiger partial charge in [-0.25, -0.2) is 4.79 Å². The Morgan fingerprint density at radius 3 is 2.08 bits per heavy atom. The van der Waals surface area contributed by atoms with Gasteiger partial charge in [0.15, 0.2) is 11.5 Å². The van der Waals surface area contributed by atoms with Crippen molar-refractivity contribution in [1.82, 2.24) is 4.90 Å². The van der Waals surface area contributed by atoms with Crippen LogP contribution in [-0.4, -0.2) is 84.7 Å². The molecule has 0 N–H and O–H groups in total. The lowest BCUT2D eigenvalue weighted by atomic mass is 10.2. The van der Waals surface area contributed by atoms with Crippen LogP contribution in [0.4, 0.5) is 5.69 Å². The van der Waals surface area contributed by atoms with Gasteiger partial charge >= 0.3 is 5.97 Å². The fourth-order valence-electron chi connectivity index (χ4n) is 4.24. The van der Waals surface area contributed by atoms with Gasteiger partial charge in [-0.1, -0.05) is 17.7 Å². The Balaban J connectivity index is 1.68. The van der Waals surface area contributed by atoms with E-state index in [0.717, 1.165) is 43.2 Å². The van der Waals surface area contributed by atoms with Crippen LogP contribution in [0.2, 0.25) is 0 Å². The predicted molar refractivity (Wildman–Crippen MR) is 143 cm³/mol. The number of piperazine rings is 1. The second-order valence-electron chi connectivity index (χ2n) is 8.91. The summed E-state index contributed by atoms with van der Waals surface area (Å²) in [6.45, 7) is 7.75. The van der Waals surface area contributed by atoms with E-state index >= 15 is 0 Å². The topological polar surface area (TPSA) is 78.9 Å². The number of para-hydroxylation sites is 2. The molecule has 1 fully saturated rings. The first kappa shape index (κ1) is 28.0. The summed E-state index contributed by atoms with van der Waals surface area (Å²) in [6.07, 6.45) is 1.02. The molecule has 1 heterocycles. The Morgan fingerprint density at radius 1 is 0.892 bits per heavy atom. The van der Waals surface area contributed by atoms with Crippen molar-refractivity contribution < 1.29 is 33.2 Å². The summed E-state index contributed by atoms with van der Waals surface area (Å²) in [5.74, 6) is 2.47. The van der Waals surface area contributed by atoms with Gasteiger partial charge < -0.3 is 33.3 Å². The van der Waals surface area contributed by atoms with Crippen molar-refractivity contribution in [2.45, 2.75) is 20.0 Å². The van der Waals surface area contributed by atoms with E-state index < -0.39 is 6.10 Å². The molecule has 2 aromatic rings. The highest BCUT2D eigenvalue weighted by molar-refractivity contribution is 5.82. The highest BCUT2D eigenvalue weighted by Gasteiger charge is 2.24. The van der Waals surface area contributed by atoms with Crippen LogP contribution < -0.4 is 28.6 Å². The van der Waals surface area contributed by atoms with Crippen molar-refractivity contribution >= 4 is 11.7 Å². The average molecular weight is 515 g/mol. The normalized spacial score (nSPS) is 14.4. The minimum absolute atomic E-state index is 0.174. The maximum absolute atomic E-state index is 12.5. The summed E-state index contributed by atoms with van der Waals surface area (Å²) in [4.78, 5) is 17.1. The number of esters is 1. The minimum atomic E-state index is -0.472. The molecule has 9 heteroatoms. The predicted octanol–water partition coefficient (Wildman–Crippen LogP) is 3.80. The Bertz CT molecular complexity index is 1040. The maximum atomic E-state index is 12.5. The molecule has 1 unspecified atom stereocenters. The average Bonchev–Trinajstić information content (AvgIpc) is 2.90. The molecule has 1 aliphatic heterocycles. The van der Waals surface area contributed by atoms with Crippen LogP contribution in [0.3, 0.4) is 0 Å². The second kappa shape index (κ2) is 13.6. The molecule has 0 radical (unpaired) electrons. The number of benzene rings is 2. The van der Waals surface area contributed by atoms with Crippen molar-refractivity contribution in [2.24, 2.45) is 0 Å². The van der Waals surface area contributed by atoms with Crippen molar-refractivity contribution in [3.05, 3.63) is 48.0 Å². The third-order valence-corrected chi connectivity index (χ3v) is 6.02. The number of hydrogen-bond acceptors (Lipinski definition) is 9. The van der Waals surface area contributed by atoms with Crippen LogP contribution >= 0.6 is 0 Å². The molecular weight excluding hydrogens is 476 g/mol. The maximum Gasteiger partial charge on any atom is 0.331 e. The Kier molecular flexibility index (Phi) is 10.3. The minimum Gasteiger partial charge on any atom is -0.495 e. The number of hydrogen-bond donors (Lipinski definition) is 0. The van der Waals surface area contributed by atoms with E-state index in [1.807, 2.05) is 32.0 Å². The second-order valence-corrected chi connectivity index (χ2v) is 8.91. The van der Waals surface area contributed by atoms with Gasteiger partial charge in [0.1, 0.15) is 24.2 Å². The van der Waals surface area contributed by atoms with Gasteiger partial charge in [-0.2, -0.15) is 0 Å². The molecule has 0 saturated carbocycles. The lowest BCUT2D eigenvalue weighted by molar-refractivity contribution is -0.145. The zero-order valence-electron chi connectivity index (χ0n) is 22.6. The van der Waals surface area contributed by atoms with E-state index in [4.69, 9.17) is 28.4 Å². The van der Waals surface area contributed by atoms with Crippen molar-refractivity contribution in [3.63, 3.8) is 0 Å². The number of methoxy groups -OCH3 is 4. The summed E-state index contributed by atoms with van der Waals surface area (Å²) in [7, 11) is 6.34. The van der Waals surface area contributed by atoms with Gasteiger partial charge in [0.25, 0.3) is 0 Å². The van der Waals surface area contributed by atoms with E-state index in [1.165, 1.54) is 6.08 Å². The SMILES string of the molecule is COc1ccccc1N1CCN(CC(COc2cc(OC)c(OC)c(OC)c2)OC(=O)C=C(C)C)CC1. The Labute approximate surface area is 219 Å². The van der Waals surface area contributed by atoms with Crippen LogP contribution in [0, 0.1) is 0 Å². The number of nitrogens with zero attached hydrogens (tertiary/aromatic N) is 2. The summed E-state index contributed by atoms with van der Waals surface area (Å²) in [5, 5.41) is 0. The fraction of sp³-hybridized carbons (Fsp3) is 0.464. The van der Waals surface area contributed by atoms with Gasteiger partial charge in [-0.15, -0.1) is 0 Å². The lowest BCUT2D eigenvalue weighted by Crippen LogP contribution is -2.50. The first-order chi connectivity index (χ1) is 17.9. The number of carbonyl (C=O) groups is 1. The smallest absolute Gasteiger partial charge is 0.331 e. The molecule has 0 aliphatic carbocycles. The fourth-order valence-corrected chi connectivity index (χ4v) is 4.24. The zero-order chi connectivity index (χ0) is 26.8. The van der Waals surface area contributed by atoms with E-state index in [-0.39, 0.29) is 12.6 Å². The molecule has 9 nitrogen and oxygen atoms in total. The first-order valence-electron chi connectivity index (χ1n) is 12.3.